The molecule has 0 aromatic heterocycles. The second kappa shape index (κ2) is 12.0. The third-order valence-electron chi connectivity index (χ3n) is 3.52. The fourth-order valence-electron chi connectivity index (χ4n) is 2.45. The molecule has 0 saturated heterocycles. The van der Waals surface area contributed by atoms with E-state index in [4.69, 9.17) is 29.0 Å². The van der Waals surface area contributed by atoms with Gasteiger partial charge in [-0.2, -0.15) is 0 Å². The van der Waals surface area contributed by atoms with Crippen LogP contribution in [0.25, 0.3) is 0 Å². The molecule has 0 spiro atoms. The molecule has 6 heteroatoms. The average Bonchev–Trinajstić information content (AvgIpc) is 2.40. The molecule has 0 N–H and O–H groups in total. The number of hydrogen-bond donors (Lipinski definition) is 0. The first-order chi connectivity index (χ1) is 9.98. The van der Waals surface area contributed by atoms with Gasteiger partial charge in [0, 0.05) is 0 Å². The minimum atomic E-state index is -3.34. The summed E-state index contributed by atoms with van der Waals surface area (Å²) < 4.78 is 17.0. The van der Waals surface area contributed by atoms with Crippen LogP contribution in [0.4, 0.5) is 0 Å². The van der Waals surface area contributed by atoms with Crippen molar-refractivity contribution in [1.29, 1.82) is 0 Å². The van der Waals surface area contributed by atoms with E-state index in [1.54, 1.807) is 0 Å². The zero-order chi connectivity index (χ0) is 15.7. The minimum absolute atomic E-state index is 0. The molecule has 0 aliphatic carbocycles. The van der Waals surface area contributed by atoms with Crippen molar-refractivity contribution < 1.29 is 28.6 Å². The predicted molar refractivity (Wildman–Crippen MR) is 95.9 cm³/mol. The molecule has 0 bridgehead atoms. The Morgan fingerprint density at radius 2 is 1.59 bits per heavy atom. The van der Waals surface area contributed by atoms with Crippen LogP contribution in [0, 0.1) is 0 Å². The molecule has 0 unspecified atom stereocenters. The van der Waals surface area contributed by atoms with E-state index in [9.17, 15) is 4.57 Å². The Morgan fingerprint density at radius 3 is 2.14 bits per heavy atom. The van der Waals surface area contributed by atoms with Crippen LogP contribution < -0.4 is 4.52 Å². The number of unbranched alkanes of at least 4 members (excludes halogenated alkanes) is 4. The average molecular weight is 410 g/mol. The molecule has 2 nitrogen and oxygen atoms in total. The number of rotatable bonds is 10. The number of aryl methyl sites for hydroxylation is 1. The van der Waals surface area contributed by atoms with E-state index in [-0.39, 0.29) is 19.5 Å². The van der Waals surface area contributed by atoms with Crippen molar-refractivity contribution in [2.24, 2.45) is 0 Å². The molecular formula is C16H25O2PS2Zn. The van der Waals surface area contributed by atoms with Crippen molar-refractivity contribution in [3.63, 3.8) is 0 Å². The normalized spacial score (nSPS) is 11.1. The van der Waals surface area contributed by atoms with Crippen LogP contribution in [0.15, 0.2) is 18.2 Å². The van der Waals surface area contributed by atoms with Gasteiger partial charge in [0.2, 0.25) is 0 Å². The van der Waals surface area contributed by atoms with E-state index in [2.05, 4.69) is 19.9 Å². The van der Waals surface area contributed by atoms with E-state index < -0.39 is 5.77 Å². The largest absolute Gasteiger partial charge is 2.00 e. The fraction of sp³-hybridized carbons (Fsp3) is 0.625. The molecular weight excluding hydrogens is 385 g/mol. The van der Waals surface area contributed by atoms with Gasteiger partial charge in [-0.15, -0.1) is 0 Å². The molecule has 1 rings (SSSR count). The van der Waals surface area contributed by atoms with Crippen molar-refractivity contribution in [3.8, 4) is 5.75 Å². The first kappa shape index (κ1) is 22.6. The van der Waals surface area contributed by atoms with Crippen LogP contribution >= 0.6 is 5.77 Å². The predicted octanol–water partition coefficient (Wildman–Crippen LogP) is 5.73. The van der Waals surface area contributed by atoms with E-state index in [1.807, 2.05) is 12.1 Å². The van der Waals surface area contributed by atoms with Gasteiger partial charge >= 0.3 is 19.5 Å². The summed E-state index contributed by atoms with van der Waals surface area (Å²) >= 11 is 9.52. The van der Waals surface area contributed by atoms with Gasteiger partial charge < -0.3 is 33.6 Å². The Bertz CT molecular complexity index is 477. The van der Waals surface area contributed by atoms with E-state index >= 15 is 0 Å². The first-order valence-electron chi connectivity index (χ1n) is 7.80. The summed E-state index contributed by atoms with van der Waals surface area (Å²) in [6.45, 7) is 4.39. The quantitative estimate of drug-likeness (QED) is 0.213. The van der Waals surface area contributed by atoms with E-state index in [0.29, 0.717) is 5.75 Å². The van der Waals surface area contributed by atoms with Gasteiger partial charge in [0.15, 0.2) is 0 Å². The Labute approximate surface area is 158 Å². The van der Waals surface area contributed by atoms with Gasteiger partial charge in [-0.25, -0.2) is 0 Å². The molecule has 0 aliphatic heterocycles. The molecule has 120 valence electrons. The molecule has 22 heavy (non-hydrogen) atoms. The summed E-state index contributed by atoms with van der Waals surface area (Å²) in [7, 11) is 0. The molecule has 0 radical (unpaired) electrons. The van der Waals surface area contributed by atoms with Crippen LogP contribution in [-0.2, 0) is 61.4 Å². The molecule has 1 aromatic rings. The molecule has 0 atom stereocenters. The molecule has 0 amide bonds. The van der Waals surface area contributed by atoms with Gasteiger partial charge in [0.1, 0.15) is 5.75 Å². The minimum Gasteiger partial charge on any atom is -0.702 e. The SMILES string of the molecule is CCCCCc1cccc(OP(=O)([S-])[S-])c1CCCCC.[Zn+2]. The number of benzene rings is 1. The maximum Gasteiger partial charge on any atom is 2.00 e. The summed E-state index contributed by atoms with van der Waals surface area (Å²) in [6, 6.07) is 5.93. The van der Waals surface area contributed by atoms with Crippen molar-refractivity contribution in [3.05, 3.63) is 29.3 Å². The van der Waals surface area contributed by atoms with Crippen molar-refractivity contribution in [1.82, 2.24) is 0 Å². The fourth-order valence-corrected chi connectivity index (χ4v) is 3.35. The molecule has 0 heterocycles. The summed E-state index contributed by atoms with van der Waals surface area (Å²) in [4.78, 5) is 0. The molecule has 0 fully saturated rings. The monoisotopic (exact) mass is 408 g/mol. The van der Waals surface area contributed by atoms with Gasteiger partial charge in [-0.1, -0.05) is 51.7 Å². The molecule has 0 aliphatic rings. The Balaban J connectivity index is 0.00000441. The maximum atomic E-state index is 11.6. The first-order valence-corrected chi connectivity index (χ1v) is 11.5. The van der Waals surface area contributed by atoms with Gasteiger partial charge in [0.05, 0.1) is 0 Å². The van der Waals surface area contributed by atoms with Crippen molar-refractivity contribution >= 4 is 30.3 Å². The third-order valence-corrected chi connectivity index (χ3v) is 4.39. The number of hydrogen-bond acceptors (Lipinski definition) is 4. The smallest absolute Gasteiger partial charge is 0.702 e. The Kier molecular flexibility index (Phi) is 12.3. The van der Waals surface area contributed by atoms with Crippen molar-refractivity contribution in [2.45, 2.75) is 65.2 Å². The van der Waals surface area contributed by atoms with E-state index in [0.717, 1.165) is 24.8 Å². The van der Waals surface area contributed by atoms with Gasteiger partial charge in [-0.3, -0.25) is 0 Å². The summed E-state index contributed by atoms with van der Waals surface area (Å²) in [6.07, 6.45) is 9.03. The summed E-state index contributed by atoms with van der Waals surface area (Å²) in [5, 5.41) is 0. The molecule has 0 saturated carbocycles. The van der Waals surface area contributed by atoms with Crippen LogP contribution in [0.2, 0.25) is 0 Å². The zero-order valence-corrected chi connectivity index (χ0v) is 19.2. The third kappa shape index (κ3) is 9.01. The zero-order valence-electron chi connectivity index (χ0n) is 13.7. The standard InChI is InChI=1S/C16H27O2PS2.Zn/c1-3-5-7-10-14-11-9-13-16(18-19(17,20)21)15(14)12-8-6-4-2;/h9,11,13H,3-8,10,12H2,1-2H3,(H2,17,20,21);/q;+2/p-2. The topological polar surface area (TPSA) is 26.3 Å². The second-order valence-corrected chi connectivity index (χ2v) is 10.0. The van der Waals surface area contributed by atoms with Gasteiger partial charge in [-0.05, 0) is 48.6 Å². The maximum absolute atomic E-state index is 11.6. The summed E-state index contributed by atoms with van der Waals surface area (Å²) in [5.41, 5.74) is 2.44. The second-order valence-electron chi connectivity index (χ2n) is 5.35. The van der Waals surface area contributed by atoms with Crippen LogP contribution in [0.5, 0.6) is 5.75 Å². The van der Waals surface area contributed by atoms with Crippen molar-refractivity contribution in [2.75, 3.05) is 0 Å². The molecule has 1 aromatic carbocycles. The van der Waals surface area contributed by atoms with Crippen LogP contribution in [-0.4, -0.2) is 0 Å². The Hall–Kier alpha value is 0.573. The van der Waals surface area contributed by atoms with E-state index in [1.165, 1.54) is 37.7 Å². The van der Waals surface area contributed by atoms with Crippen LogP contribution in [0.3, 0.4) is 0 Å². The van der Waals surface area contributed by atoms with Gasteiger partial charge in [0.25, 0.3) is 0 Å². The Morgan fingerprint density at radius 1 is 1.00 bits per heavy atom. The summed E-state index contributed by atoms with van der Waals surface area (Å²) in [5.74, 6) is -2.71. The van der Waals surface area contributed by atoms with Crippen LogP contribution in [0.1, 0.15) is 63.5 Å².